The van der Waals surface area contributed by atoms with E-state index in [9.17, 15) is 14.7 Å². The fourth-order valence-corrected chi connectivity index (χ4v) is 3.68. The molecule has 0 spiro atoms. The molecule has 8 nitrogen and oxygen atoms in total. The van der Waals surface area contributed by atoms with Crippen molar-refractivity contribution in [3.8, 4) is 5.00 Å². The van der Waals surface area contributed by atoms with Crippen molar-refractivity contribution in [3.63, 3.8) is 0 Å². The summed E-state index contributed by atoms with van der Waals surface area (Å²) >= 11 is 1.36. The Morgan fingerprint density at radius 1 is 1.23 bits per heavy atom. The monoisotopic (exact) mass is 380 g/mol. The van der Waals surface area contributed by atoms with E-state index in [0.29, 0.717) is 22.2 Å². The van der Waals surface area contributed by atoms with Crippen molar-refractivity contribution in [1.29, 1.82) is 0 Å². The number of aryl methyl sites for hydroxylation is 2. The summed E-state index contributed by atoms with van der Waals surface area (Å²) in [5.41, 5.74) is 0.316. The summed E-state index contributed by atoms with van der Waals surface area (Å²) in [6, 6.07) is -0.518. The number of aromatic nitrogens is 3. The van der Waals surface area contributed by atoms with Gasteiger partial charge in [0.15, 0.2) is 5.82 Å². The van der Waals surface area contributed by atoms with E-state index in [1.54, 1.807) is 46.1 Å². The number of aromatic carboxylic acids is 1. The number of carboxylic acids is 1. The number of thiophene rings is 1. The summed E-state index contributed by atoms with van der Waals surface area (Å²) in [4.78, 5) is 24.7. The molecule has 0 aliphatic carbocycles. The van der Waals surface area contributed by atoms with Gasteiger partial charge in [0, 0.05) is 4.88 Å². The van der Waals surface area contributed by atoms with Crippen LogP contribution < -0.4 is 5.32 Å². The number of carboxylic acid groups (broad SMARTS) is 1. The molecule has 2 N–H and O–H groups in total. The standard InChI is InChI=1S/C17H24N4O4S/c1-8-10(3)26-14(12(8)15(22)23)21-11(4)19-20-13(21)9(2)18-16(24)25-17(5,6)7/h9H,1-7H3,(H,18,24)(H,22,23). The van der Waals surface area contributed by atoms with Crippen LogP contribution in [0.15, 0.2) is 0 Å². The molecule has 142 valence electrons. The second-order valence-corrected chi connectivity index (χ2v) is 8.28. The van der Waals surface area contributed by atoms with Gasteiger partial charge in [0.1, 0.15) is 16.4 Å². The van der Waals surface area contributed by atoms with Crippen LogP contribution in [0.5, 0.6) is 0 Å². The van der Waals surface area contributed by atoms with Crippen LogP contribution in [0.4, 0.5) is 4.79 Å². The van der Waals surface area contributed by atoms with Crippen LogP contribution in [0.1, 0.15) is 66.2 Å². The van der Waals surface area contributed by atoms with Gasteiger partial charge in [0.25, 0.3) is 0 Å². The molecule has 2 aromatic rings. The number of hydrogen-bond donors (Lipinski definition) is 2. The first kappa shape index (κ1) is 19.9. The lowest BCUT2D eigenvalue weighted by Gasteiger charge is -2.22. The quantitative estimate of drug-likeness (QED) is 0.840. The van der Waals surface area contributed by atoms with Crippen LogP contribution >= 0.6 is 11.3 Å². The van der Waals surface area contributed by atoms with E-state index in [4.69, 9.17) is 4.74 Å². The summed E-state index contributed by atoms with van der Waals surface area (Å²) in [7, 11) is 0. The van der Waals surface area contributed by atoms with Crippen LogP contribution in [0.2, 0.25) is 0 Å². The molecule has 1 unspecified atom stereocenters. The molecular weight excluding hydrogens is 356 g/mol. The molecule has 0 aliphatic heterocycles. The minimum absolute atomic E-state index is 0.223. The smallest absolute Gasteiger partial charge is 0.408 e. The largest absolute Gasteiger partial charge is 0.478 e. The van der Waals surface area contributed by atoms with E-state index in [1.165, 1.54) is 11.3 Å². The van der Waals surface area contributed by atoms with E-state index >= 15 is 0 Å². The molecule has 2 heterocycles. The lowest BCUT2D eigenvalue weighted by molar-refractivity contribution is 0.0504. The maximum Gasteiger partial charge on any atom is 0.408 e. The van der Waals surface area contributed by atoms with E-state index in [1.807, 2.05) is 6.92 Å². The first-order valence-electron chi connectivity index (χ1n) is 8.17. The highest BCUT2D eigenvalue weighted by molar-refractivity contribution is 7.15. The molecule has 0 saturated heterocycles. The molecule has 0 radical (unpaired) electrons. The molecule has 0 saturated carbocycles. The maximum atomic E-state index is 12.0. The molecule has 1 atom stereocenters. The Morgan fingerprint density at radius 3 is 2.38 bits per heavy atom. The fourth-order valence-electron chi connectivity index (χ4n) is 2.48. The molecule has 1 amide bonds. The van der Waals surface area contributed by atoms with Crippen LogP contribution in [0, 0.1) is 20.8 Å². The highest BCUT2D eigenvalue weighted by Crippen LogP contribution is 2.33. The third-order valence-corrected chi connectivity index (χ3v) is 4.95. The van der Waals surface area contributed by atoms with Gasteiger partial charge in [0.05, 0.1) is 11.6 Å². The van der Waals surface area contributed by atoms with Gasteiger partial charge in [-0.25, -0.2) is 9.59 Å². The third-order valence-electron chi connectivity index (χ3n) is 3.75. The normalized spacial score (nSPS) is 12.7. The van der Waals surface area contributed by atoms with Crippen LogP contribution in [-0.2, 0) is 4.74 Å². The van der Waals surface area contributed by atoms with Crippen molar-refractivity contribution in [2.45, 2.75) is 60.1 Å². The van der Waals surface area contributed by atoms with Gasteiger partial charge in [-0.3, -0.25) is 4.57 Å². The molecule has 2 rings (SSSR count). The Hall–Kier alpha value is -2.42. The minimum Gasteiger partial charge on any atom is -0.478 e. The van der Waals surface area contributed by atoms with Gasteiger partial charge < -0.3 is 15.2 Å². The number of rotatable bonds is 4. The zero-order chi connectivity index (χ0) is 19.8. The molecule has 0 aliphatic rings. The maximum absolute atomic E-state index is 12.0. The summed E-state index contributed by atoms with van der Waals surface area (Å²) < 4.78 is 6.95. The van der Waals surface area contributed by atoms with Crippen LogP contribution in [-0.4, -0.2) is 37.5 Å². The number of hydrogen-bond acceptors (Lipinski definition) is 6. The summed E-state index contributed by atoms with van der Waals surface area (Å²) in [5, 5.41) is 21.1. The third kappa shape index (κ3) is 4.04. The Balaban J connectivity index is 2.43. The Bertz CT molecular complexity index is 848. The second kappa shape index (κ2) is 7.06. The number of nitrogens with zero attached hydrogens (tertiary/aromatic N) is 3. The Morgan fingerprint density at radius 2 is 1.85 bits per heavy atom. The van der Waals surface area contributed by atoms with Crippen molar-refractivity contribution in [1.82, 2.24) is 20.1 Å². The number of ether oxygens (including phenoxy) is 1. The van der Waals surface area contributed by atoms with E-state index in [0.717, 1.165) is 4.88 Å². The molecule has 0 bridgehead atoms. The molecule has 2 aromatic heterocycles. The van der Waals surface area contributed by atoms with Crippen molar-refractivity contribution < 1.29 is 19.4 Å². The van der Waals surface area contributed by atoms with Crippen LogP contribution in [0.25, 0.3) is 5.00 Å². The topological polar surface area (TPSA) is 106 Å². The first-order valence-corrected chi connectivity index (χ1v) is 8.99. The molecule has 9 heteroatoms. The Kier molecular flexibility index (Phi) is 5.41. The van der Waals surface area contributed by atoms with Crippen molar-refractivity contribution in [3.05, 3.63) is 27.7 Å². The van der Waals surface area contributed by atoms with Crippen LogP contribution in [0.3, 0.4) is 0 Å². The average molecular weight is 380 g/mol. The van der Waals surface area contributed by atoms with E-state index in [-0.39, 0.29) is 5.56 Å². The van der Waals surface area contributed by atoms with Gasteiger partial charge in [-0.1, -0.05) is 0 Å². The summed E-state index contributed by atoms with van der Waals surface area (Å²) in [6.07, 6.45) is -0.575. The number of amides is 1. The number of alkyl carbamates (subject to hydrolysis) is 1. The highest BCUT2D eigenvalue weighted by Gasteiger charge is 2.27. The minimum atomic E-state index is -1.01. The van der Waals surface area contributed by atoms with Gasteiger partial charge in [-0.2, -0.15) is 0 Å². The van der Waals surface area contributed by atoms with Gasteiger partial charge >= 0.3 is 12.1 Å². The number of carbonyl (C=O) groups excluding carboxylic acids is 1. The predicted molar refractivity (Wildman–Crippen MR) is 98.2 cm³/mol. The first-order chi connectivity index (χ1) is 11.9. The average Bonchev–Trinajstić information content (AvgIpc) is 2.97. The summed E-state index contributed by atoms with van der Waals surface area (Å²) in [6.45, 7) is 12.5. The lowest BCUT2D eigenvalue weighted by Crippen LogP contribution is -2.35. The SMILES string of the molecule is Cc1sc(-n2c(C)nnc2C(C)NC(=O)OC(C)(C)C)c(C(=O)O)c1C. The molecule has 26 heavy (non-hydrogen) atoms. The van der Waals surface area contributed by atoms with Gasteiger partial charge in [-0.15, -0.1) is 21.5 Å². The molecular formula is C17H24N4O4S. The highest BCUT2D eigenvalue weighted by atomic mass is 32.1. The molecule has 0 fully saturated rings. The van der Waals surface area contributed by atoms with Gasteiger partial charge in [0.2, 0.25) is 0 Å². The zero-order valence-corrected chi connectivity index (χ0v) is 16.8. The van der Waals surface area contributed by atoms with Crippen molar-refractivity contribution in [2.24, 2.45) is 0 Å². The van der Waals surface area contributed by atoms with E-state index < -0.39 is 23.7 Å². The fraction of sp³-hybridized carbons (Fsp3) is 0.529. The Labute approximate surface area is 156 Å². The lowest BCUT2D eigenvalue weighted by atomic mass is 10.1. The summed E-state index contributed by atoms with van der Waals surface area (Å²) in [5.74, 6) is -0.0210. The molecule has 0 aromatic carbocycles. The predicted octanol–water partition coefficient (Wildman–Crippen LogP) is 3.54. The number of carbonyl (C=O) groups is 2. The van der Waals surface area contributed by atoms with Crippen molar-refractivity contribution in [2.75, 3.05) is 0 Å². The van der Waals surface area contributed by atoms with E-state index in [2.05, 4.69) is 15.5 Å². The number of nitrogens with one attached hydrogen (secondary N) is 1. The second-order valence-electron chi connectivity index (χ2n) is 7.08. The zero-order valence-electron chi connectivity index (χ0n) is 16.0. The van der Waals surface area contributed by atoms with Gasteiger partial charge in [-0.05, 0) is 54.0 Å². The van der Waals surface area contributed by atoms with Crippen molar-refractivity contribution >= 4 is 23.4 Å².